The van der Waals surface area contributed by atoms with Crippen molar-refractivity contribution in [1.29, 1.82) is 0 Å². The molecule has 0 bridgehead atoms. The van der Waals surface area contributed by atoms with E-state index in [1.165, 1.54) is 24.0 Å². The summed E-state index contributed by atoms with van der Waals surface area (Å²) in [5.41, 5.74) is 11.9. The third-order valence-corrected chi connectivity index (χ3v) is 4.43. The van der Waals surface area contributed by atoms with Gasteiger partial charge in [-0.15, -0.1) is 24.0 Å². The fourth-order valence-electron chi connectivity index (χ4n) is 3.24. The van der Waals surface area contributed by atoms with Crippen molar-refractivity contribution >= 4 is 41.3 Å². The molecule has 0 saturated carbocycles. The number of benzene rings is 1. The smallest absolute Gasteiger partial charge is 0.193 e. The SMILES string of the molecule is I.NC(=NCCc1cn2ccccc2n1)Nc1ccc2c(c1)CCC2. The molecule has 1 aliphatic rings. The normalized spacial score (nSPS) is 13.5. The van der Waals surface area contributed by atoms with Gasteiger partial charge in [-0.3, -0.25) is 4.99 Å². The van der Waals surface area contributed by atoms with Crippen LogP contribution in [0.2, 0.25) is 0 Å². The zero-order chi connectivity index (χ0) is 16.4. The molecule has 0 atom stereocenters. The molecule has 1 aromatic carbocycles. The average molecular weight is 447 g/mol. The van der Waals surface area contributed by atoms with Crippen molar-refractivity contribution in [2.45, 2.75) is 25.7 Å². The Morgan fingerprint density at radius 3 is 2.96 bits per heavy atom. The summed E-state index contributed by atoms with van der Waals surface area (Å²) in [7, 11) is 0. The number of aliphatic imine (C=N–C) groups is 1. The van der Waals surface area contributed by atoms with E-state index in [0.29, 0.717) is 12.5 Å². The highest BCUT2D eigenvalue weighted by Gasteiger charge is 2.10. The minimum absolute atomic E-state index is 0. The van der Waals surface area contributed by atoms with Crippen LogP contribution >= 0.6 is 24.0 Å². The highest BCUT2D eigenvalue weighted by molar-refractivity contribution is 14.0. The largest absolute Gasteiger partial charge is 0.370 e. The number of imidazole rings is 1. The zero-order valence-corrected chi connectivity index (χ0v) is 16.3. The van der Waals surface area contributed by atoms with Gasteiger partial charge in [0.25, 0.3) is 0 Å². The van der Waals surface area contributed by atoms with Crippen molar-refractivity contribution < 1.29 is 0 Å². The topological polar surface area (TPSA) is 67.7 Å². The molecule has 5 nitrogen and oxygen atoms in total. The Balaban J connectivity index is 0.00000182. The van der Waals surface area contributed by atoms with Crippen LogP contribution in [0.15, 0.2) is 53.8 Å². The lowest BCUT2D eigenvalue weighted by atomic mass is 10.1. The molecule has 0 spiro atoms. The number of pyridine rings is 1. The summed E-state index contributed by atoms with van der Waals surface area (Å²) in [6.07, 6.45) is 8.41. The average Bonchev–Trinajstić information content (AvgIpc) is 3.20. The Bertz CT molecular complexity index is 867. The van der Waals surface area contributed by atoms with Gasteiger partial charge in [-0.2, -0.15) is 0 Å². The first-order valence-electron chi connectivity index (χ1n) is 8.39. The van der Waals surface area contributed by atoms with Crippen molar-refractivity contribution in [3.63, 3.8) is 0 Å². The fraction of sp³-hybridized carbons (Fsp3) is 0.263. The van der Waals surface area contributed by atoms with Gasteiger partial charge in [-0.25, -0.2) is 4.98 Å². The van der Waals surface area contributed by atoms with Crippen LogP contribution in [0.4, 0.5) is 5.69 Å². The molecule has 2 heterocycles. The van der Waals surface area contributed by atoms with Crippen molar-refractivity contribution in [1.82, 2.24) is 9.38 Å². The molecular formula is C19H22IN5. The van der Waals surface area contributed by atoms with Crippen LogP contribution in [0.3, 0.4) is 0 Å². The van der Waals surface area contributed by atoms with Crippen LogP contribution in [0.25, 0.3) is 5.65 Å². The second-order valence-electron chi connectivity index (χ2n) is 6.18. The molecule has 0 fully saturated rings. The second kappa shape index (κ2) is 7.86. The molecule has 0 aliphatic heterocycles. The molecule has 25 heavy (non-hydrogen) atoms. The van der Waals surface area contributed by atoms with E-state index in [4.69, 9.17) is 5.73 Å². The van der Waals surface area contributed by atoms with Gasteiger partial charge in [-0.05, 0) is 54.7 Å². The Hall–Kier alpha value is -2.09. The molecule has 2 aromatic heterocycles. The minimum Gasteiger partial charge on any atom is -0.370 e. The summed E-state index contributed by atoms with van der Waals surface area (Å²) in [5.74, 6) is 0.455. The summed E-state index contributed by atoms with van der Waals surface area (Å²) in [5, 5.41) is 3.19. The van der Waals surface area contributed by atoms with E-state index >= 15 is 0 Å². The lowest BCUT2D eigenvalue weighted by molar-refractivity contribution is 0.912. The number of nitrogens with zero attached hydrogens (tertiary/aromatic N) is 3. The molecule has 0 radical (unpaired) electrons. The lowest BCUT2D eigenvalue weighted by Crippen LogP contribution is -2.23. The van der Waals surface area contributed by atoms with E-state index in [2.05, 4.69) is 33.5 Å². The van der Waals surface area contributed by atoms with Crippen LogP contribution in [-0.2, 0) is 19.3 Å². The molecule has 3 N–H and O–H groups in total. The number of fused-ring (bicyclic) bond motifs is 2. The maximum atomic E-state index is 6.00. The molecule has 130 valence electrons. The van der Waals surface area contributed by atoms with E-state index < -0.39 is 0 Å². The number of anilines is 1. The predicted octanol–water partition coefficient (Wildman–Crippen LogP) is 3.41. The van der Waals surface area contributed by atoms with E-state index in [0.717, 1.165) is 29.9 Å². The van der Waals surface area contributed by atoms with Gasteiger partial charge in [-0.1, -0.05) is 12.1 Å². The van der Waals surface area contributed by atoms with Crippen molar-refractivity contribution in [3.05, 3.63) is 65.6 Å². The Labute approximate surface area is 164 Å². The minimum atomic E-state index is 0. The molecule has 0 saturated heterocycles. The van der Waals surface area contributed by atoms with Gasteiger partial charge < -0.3 is 15.5 Å². The first kappa shape index (κ1) is 17.7. The standard InChI is InChI=1S/C19H21N5.HI/c20-19(23-16-8-7-14-4-3-5-15(14)12-16)21-10-9-17-13-24-11-2-1-6-18(24)22-17;/h1-2,6-8,11-13H,3-5,9-10H2,(H3,20,21,23);1H. The van der Waals surface area contributed by atoms with Gasteiger partial charge in [0.15, 0.2) is 5.96 Å². The van der Waals surface area contributed by atoms with E-state index in [9.17, 15) is 0 Å². The molecule has 1 aliphatic carbocycles. The summed E-state index contributed by atoms with van der Waals surface area (Å²) in [6.45, 7) is 0.619. The van der Waals surface area contributed by atoms with E-state index in [-0.39, 0.29) is 24.0 Å². The molecule has 6 heteroatoms. The Morgan fingerprint density at radius 2 is 2.08 bits per heavy atom. The van der Waals surface area contributed by atoms with Gasteiger partial charge in [0.2, 0.25) is 0 Å². The maximum Gasteiger partial charge on any atom is 0.193 e. The number of hydrogen-bond acceptors (Lipinski definition) is 2. The zero-order valence-electron chi connectivity index (χ0n) is 14.0. The van der Waals surface area contributed by atoms with Gasteiger partial charge in [0.1, 0.15) is 5.65 Å². The van der Waals surface area contributed by atoms with Crippen molar-refractivity contribution in [2.24, 2.45) is 10.7 Å². The third kappa shape index (κ3) is 4.12. The molecule has 3 aromatic rings. The Morgan fingerprint density at radius 1 is 1.20 bits per heavy atom. The highest BCUT2D eigenvalue weighted by atomic mass is 127. The van der Waals surface area contributed by atoms with Crippen molar-refractivity contribution in [2.75, 3.05) is 11.9 Å². The van der Waals surface area contributed by atoms with Crippen LogP contribution in [0.1, 0.15) is 23.2 Å². The number of aryl methyl sites for hydroxylation is 2. The van der Waals surface area contributed by atoms with Crippen LogP contribution in [0.5, 0.6) is 0 Å². The summed E-state index contributed by atoms with van der Waals surface area (Å²) in [4.78, 5) is 8.98. The first-order valence-corrected chi connectivity index (χ1v) is 8.39. The first-order chi connectivity index (χ1) is 11.8. The highest BCUT2D eigenvalue weighted by Crippen LogP contribution is 2.24. The number of rotatable bonds is 4. The summed E-state index contributed by atoms with van der Waals surface area (Å²) in [6, 6.07) is 12.4. The number of halogens is 1. The van der Waals surface area contributed by atoms with Crippen LogP contribution in [-0.4, -0.2) is 21.9 Å². The number of guanidine groups is 1. The van der Waals surface area contributed by atoms with E-state index in [1.54, 1.807) is 0 Å². The molecule has 4 rings (SSSR count). The number of hydrogen-bond donors (Lipinski definition) is 2. The summed E-state index contributed by atoms with van der Waals surface area (Å²) >= 11 is 0. The predicted molar refractivity (Wildman–Crippen MR) is 113 cm³/mol. The lowest BCUT2D eigenvalue weighted by Gasteiger charge is -2.07. The van der Waals surface area contributed by atoms with Crippen LogP contribution < -0.4 is 11.1 Å². The fourth-order valence-corrected chi connectivity index (χ4v) is 3.24. The third-order valence-electron chi connectivity index (χ3n) is 4.43. The quantitative estimate of drug-likeness (QED) is 0.366. The monoisotopic (exact) mass is 447 g/mol. The Kier molecular flexibility index (Phi) is 5.57. The number of nitrogens with two attached hydrogens (primary N) is 1. The molecular weight excluding hydrogens is 425 g/mol. The molecule has 0 unspecified atom stereocenters. The summed E-state index contributed by atoms with van der Waals surface area (Å²) < 4.78 is 2.02. The molecule has 0 amide bonds. The van der Waals surface area contributed by atoms with Crippen LogP contribution in [0, 0.1) is 0 Å². The number of nitrogens with one attached hydrogen (secondary N) is 1. The van der Waals surface area contributed by atoms with Gasteiger partial charge in [0, 0.05) is 31.0 Å². The van der Waals surface area contributed by atoms with E-state index in [1.807, 2.05) is 35.0 Å². The number of aromatic nitrogens is 2. The maximum absolute atomic E-state index is 6.00. The van der Waals surface area contributed by atoms with Gasteiger partial charge in [0.05, 0.1) is 5.69 Å². The van der Waals surface area contributed by atoms with Crippen molar-refractivity contribution in [3.8, 4) is 0 Å². The van der Waals surface area contributed by atoms with Gasteiger partial charge >= 0.3 is 0 Å². The second-order valence-corrected chi connectivity index (χ2v) is 6.18.